The Morgan fingerprint density at radius 3 is 2.84 bits per heavy atom. The lowest BCUT2D eigenvalue weighted by Crippen LogP contribution is -2.40. The van der Waals surface area contributed by atoms with Gasteiger partial charge in [0, 0.05) is 12.6 Å². The predicted octanol–water partition coefficient (Wildman–Crippen LogP) is 1.29. The molecule has 0 saturated carbocycles. The Kier molecular flexibility index (Phi) is 4.24. The number of hydrogen-bond donors (Lipinski definition) is 2. The van der Waals surface area contributed by atoms with Crippen LogP contribution in [-0.4, -0.2) is 38.2 Å². The van der Waals surface area contributed by atoms with Crippen LogP contribution in [0.15, 0.2) is 16.3 Å². The highest BCUT2D eigenvalue weighted by Gasteiger charge is 2.28. The Balaban J connectivity index is 2.10. The molecule has 19 heavy (non-hydrogen) atoms. The van der Waals surface area contributed by atoms with Crippen molar-refractivity contribution < 1.29 is 23.1 Å². The molecule has 1 aliphatic rings. The van der Waals surface area contributed by atoms with E-state index in [0.717, 1.165) is 24.2 Å². The van der Waals surface area contributed by atoms with Gasteiger partial charge in [0.1, 0.15) is 9.09 Å². The fourth-order valence-corrected chi connectivity index (χ4v) is 4.39. The lowest BCUT2D eigenvalue weighted by atomic mass is 10.1. The van der Waals surface area contributed by atoms with Crippen LogP contribution in [0.25, 0.3) is 0 Å². The van der Waals surface area contributed by atoms with Crippen LogP contribution in [0.4, 0.5) is 0 Å². The molecule has 0 spiro atoms. The Morgan fingerprint density at radius 2 is 2.32 bits per heavy atom. The first kappa shape index (κ1) is 14.4. The number of ether oxygens (including phenoxy) is 1. The summed E-state index contributed by atoms with van der Waals surface area (Å²) in [6, 6.07) is 2.26. The van der Waals surface area contributed by atoms with Gasteiger partial charge >= 0.3 is 5.97 Å². The second-order valence-corrected chi connectivity index (χ2v) is 7.41. The Hall–Kier alpha value is -0.960. The van der Waals surface area contributed by atoms with Crippen LogP contribution in [0.1, 0.15) is 29.4 Å². The van der Waals surface area contributed by atoms with Gasteiger partial charge in [0.15, 0.2) is 0 Å². The molecular weight excluding hydrogens is 290 g/mol. The average molecular weight is 305 g/mol. The van der Waals surface area contributed by atoms with Crippen molar-refractivity contribution in [3.05, 3.63) is 17.0 Å². The van der Waals surface area contributed by atoms with Crippen molar-refractivity contribution in [2.75, 3.05) is 6.61 Å². The van der Waals surface area contributed by atoms with E-state index in [1.54, 1.807) is 6.92 Å². The molecule has 1 aromatic rings. The van der Waals surface area contributed by atoms with Gasteiger partial charge in [0.2, 0.25) is 10.0 Å². The van der Waals surface area contributed by atoms with E-state index < -0.39 is 16.0 Å². The summed E-state index contributed by atoms with van der Waals surface area (Å²) < 4.78 is 32.1. The van der Waals surface area contributed by atoms with Crippen LogP contribution in [-0.2, 0) is 14.8 Å². The highest BCUT2D eigenvalue weighted by atomic mass is 32.2. The first-order valence-electron chi connectivity index (χ1n) is 5.87. The highest BCUT2D eigenvalue weighted by Crippen LogP contribution is 2.23. The molecule has 2 unspecified atom stereocenters. The van der Waals surface area contributed by atoms with Crippen molar-refractivity contribution in [1.29, 1.82) is 0 Å². The number of carboxylic acids is 1. The summed E-state index contributed by atoms with van der Waals surface area (Å²) in [6.45, 7) is 2.40. The maximum Gasteiger partial charge on any atom is 0.345 e. The van der Waals surface area contributed by atoms with Gasteiger partial charge in [0.05, 0.1) is 6.10 Å². The van der Waals surface area contributed by atoms with E-state index in [1.165, 1.54) is 12.1 Å². The predicted molar refractivity (Wildman–Crippen MR) is 70.0 cm³/mol. The Bertz CT molecular complexity index is 559. The monoisotopic (exact) mass is 305 g/mol. The van der Waals surface area contributed by atoms with Crippen LogP contribution < -0.4 is 4.72 Å². The topological polar surface area (TPSA) is 92.7 Å². The summed E-state index contributed by atoms with van der Waals surface area (Å²) in [7, 11) is -3.68. The van der Waals surface area contributed by atoms with Crippen molar-refractivity contribution in [2.24, 2.45) is 0 Å². The molecule has 2 N–H and O–H groups in total. The summed E-state index contributed by atoms with van der Waals surface area (Å²) in [4.78, 5) is 10.8. The number of thiophene rings is 1. The fraction of sp³-hybridized carbons (Fsp3) is 0.545. The van der Waals surface area contributed by atoms with E-state index in [1.807, 2.05) is 0 Å². The normalized spacial score (nSPS) is 21.4. The SMILES string of the molecule is CC(NS(=O)(=O)c1ccc(C(=O)O)s1)C1CCCO1. The third-order valence-corrected chi connectivity index (χ3v) is 6.04. The number of rotatable bonds is 5. The molecule has 0 radical (unpaired) electrons. The number of hydrogen-bond acceptors (Lipinski definition) is 5. The van der Waals surface area contributed by atoms with E-state index >= 15 is 0 Å². The molecule has 6 nitrogen and oxygen atoms in total. The zero-order valence-electron chi connectivity index (χ0n) is 10.3. The molecular formula is C11H15NO5S2. The van der Waals surface area contributed by atoms with Gasteiger partial charge in [-0.3, -0.25) is 0 Å². The summed E-state index contributed by atoms with van der Waals surface area (Å²) >= 11 is 0.742. The molecule has 8 heteroatoms. The lowest BCUT2D eigenvalue weighted by molar-refractivity contribution is 0.0702. The van der Waals surface area contributed by atoms with E-state index in [-0.39, 0.29) is 21.2 Å². The van der Waals surface area contributed by atoms with Crippen LogP contribution in [0.2, 0.25) is 0 Å². The number of carbonyl (C=O) groups is 1. The standard InChI is InChI=1S/C11H15NO5S2/c1-7(8-3-2-6-17-8)12-19(15,16)10-5-4-9(18-10)11(13)14/h4-5,7-8,12H,2-3,6H2,1H3,(H,13,14). The number of nitrogens with one attached hydrogen (secondary N) is 1. The van der Waals surface area contributed by atoms with Crippen molar-refractivity contribution >= 4 is 27.3 Å². The van der Waals surface area contributed by atoms with Gasteiger partial charge in [-0.15, -0.1) is 11.3 Å². The minimum atomic E-state index is -3.68. The van der Waals surface area contributed by atoms with Crippen LogP contribution in [0.3, 0.4) is 0 Å². The average Bonchev–Trinajstić information content (AvgIpc) is 3.00. The first-order chi connectivity index (χ1) is 8.90. The zero-order chi connectivity index (χ0) is 14.0. The van der Waals surface area contributed by atoms with Crippen molar-refractivity contribution in [3.8, 4) is 0 Å². The maximum atomic E-state index is 12.1. The zero-order valence-corrected chi connectivity index (χ0v) is 12.0. The molecule has 1 saturated heterocycles. The maximum absolute atomic E-state index is 12.1. The lowest BCUT2D eigenvalue weighted by Gasteiger charge is -2.19. The molecule has 0 aromatic carbocycles. The summed E-state index contributed by atoms with van der Waals surface area (Å²) in [5, 5.41) is 8.79. The largest absolute Gasteiger partial charge is 0.477 e. The van der Waals surface area contributed by atoms with Crippen molar-refractivity contribution in [1.82, 2.24) is 4.72 Å². The fourth-order valence-electron chi connectivity index (χ4n) is 1.96. The van der Waals surface area contributed by atoms with E-state index in [2.05, 4.69) is 4.72 Å². The summed E-state index contributed by atoms with van der Waals surface area (Å²) in [5.41, 5.74) is 0. The van der Waals surface area contributed by atoms with Crippen molar-refractivity contribution in [2.45, 2.75) is 36.1 Å². The van der Waals surface area contributed by atoms with E-state index in [0.29, 0.717) is 6.61 Å². The molecule has 0 bridgehead atoms. The van der Waals surface area contributed by atoms with Gasteiger partial charge in [0.25, 0.3) is 0 Å². The third kappa shape index (κ3) is 3.33. The molecule has 2 rings (SSSR count). The molecule has 2 atom stereocenters. The molecule has 0 amide bonds. The van der Waals surface area contributed by atoms with Gasteiger partial charge in [-0.25, -0.2) is 17.9 Å². The van der Waals surface area contributed by atoms with Gasteiger partial charge in [-0.2, -0.15) is 0 Å². The Labute approximate surface area is 115 Å². The van der Waals surface area contributed by atoms with Crippen LogP contribution in [0.5, 0.6) is 0 Å². The number of carboxylic acid groups (broad SMARTS) is 1. The van der Waals surface area contributed by atoms with Crippen molar-refractivity contribution in [3.63, 3.8) is 0 Å². The van der Waals surface area contributed by atoms with Gasteiger partial charge in [-0.05, 0) is 31.9 Å². The summed E-state index contributed by atoms with van der Waals surface area (Å²) in [6.07, 6.45) is 1.64. The Morgan fingerprint density at radius 1 is 1.58 bits per heavy atom. The third-order valence-electron chi connectivity index (χ3n) is 2.92. The minimum absolute atomic E-state index is 0.00476. The van der Waals surface area contributed by atoms with Gasteiger partial charge < -0.3 is 9.84 Å². The van der Waals surface area contributed by atoms with Crippen LogP contribution >= 0.6 is 11.3 Å². The van der Waals surface area contributed by atoms with Gasteiger partial charge in [-0.1, -0.05) is 0 Å². The smallest absolute Gasteiger partial charge is 0.345 e. The summed E-state index contributed by atoms with van der Waals surface area (Å²) in [5.74, 6) is -1.13. The molecule has 1 fully saturated rings. The van der Waals surface area contributed by atoms with Crippen LogP contribution in [0, 0.1) is 0 Å². The molecule has 106 valence electrons. The van der Waals surface area contributed by atoms with E-state index in [9.17, 15) is 13.2 Å². The molecule has 1 aromatic heterocycles. The number of aromatic carboxylic acids is 1. The highest BCUT2D eigenvalue weighted by molar-refractivity contribution is 7.91. The second kappa shape index (κ2) is 5.58. The number of sulfonamides is 1. The molecule has 1 aliphatic heterocycles. The first-order valence-corrected chi connectivity index (χ1v) is 8.17. The minimum Gasteiger partial charge on any atom is -0.477 e. The second-order valence-electron chi connectivity index (χ2n) is 4.39. The quantitative estimate of drug-likeness (QED) is 0.855. The molecule has 0 aliphatic carbocycles. The molecule has 2 heterocycles. The van der Waals surface area contributed by atoms with E-state index in [4.69, 9.17) is 9.84 Å².